The Labute approximate surface area is 154 Å². The molecule has 0 spiro atoms. The number of rotatable bonds is 5. The molecule has 1 N–H and O–H groups in total. The van der Waals surface area contributed by atoms with E-state index >= 15 is 0 Å². The van der Waals surface area contributed by atoms with Crippen LogP contribution < -0.4 is 5.32 Å². The number of benzene rings is 1. The van der Waals surface area contributed by atoms with Crippen molar-refractivity contribution in [2.45, 2.75) is 27.2 Å². The van der Waals surface area contributed by atoms with Gasteiger partial charge in [0.05, 0.1) is 17.9 Å². The summed E-state index contributed by atoms with van der Waals surface area (Å²) in [6, 6.07) is 3.94. The van der Waals surface area contributed by atoms with Crippen molar-refractivity contribution in [1.82, 2.24) is 10.2 Å². The average Bonchev–Trinajstić information content (AvgIpc) is 2.91. The molecule has 6 nitrogen and oxygen atoms in total. The normalized spacial score (nSPS) is 13.4. The van der Waals surface area contributed by atoms with Crippen LogP contribution in [0.3, 0.4) is 0 Å². The van der Waals surface area contributed by atoms with Gasteiger partial charge in [0.2, 0.25) is 11.0 Å². The highest BCUT2D eigenvalue weighted by Crippen LogP contribution is 2.30. The molecule has 0 aliphatic carbocycles. The molecule has 0 atom stereocenters. The van der Waals surface area contributed by atoms with E-state index in [0.29, 0.717) is 17.3 Å². The zero-order chi connectivity index (χ0) is 18.0. The maximum absolute atomic E-state index is 12.4. The van der Waals surface area contributed by atoms with Gasteiger partial charge in [-0.15, -0.1) is 22.0 Å². The van der Waals surface area contributed by atoms with Crippen LogP contribution in [0.1, 0.15) is 32.9 Å². The molecule has 1 aliphatic heterocycles. The second-order valence-electron chi connectivity index (χ2n) is 5.92. The summed E-state index contributed by atoms with van der Waals surface area (Å²) in [5.41, 5.74) is 4.35. The van der Waals surface area contributed by atoms with Crippen LogP contribution in [0.2, 0.25) is 0 Å². The third-order valence-electron chi connectivity index (χ3n) is 3.66. The number of hydrogen-bond donors (Lipinski definition) is 1. The van der Waals surface area contributed by atoms with E-state index < -0.39 is 0 Å². The Hall–Kier alpha value is -2.06. The quantitative estimate of drug-likeness (QED) is 0.866. The predicted octanol–water partition coefficient (Wildman–Crippen LogP) is 3.49. The molecule has 1 aromatic carbocycles. The number of hydrogen-bond acceptors (Lipinski definition) is 7. The summed E-state index contributed by atoms with van der Waals surface area (Å²) in [4.78, 5) is 28.9. The van der Waals surface area contributed by atoms with E-state index in [1.54, 1.807) is 0 Å². The van der Waals surface area contributed by atoms with E-state index in [2.05, 4.69) is 20.5 Å². The second-order valence-corrected chi connectivity index (χ2v) is 8.09. The number of carbonyl (C=O) groups is 2. The number of aliphatic imine (C=N–C) groups is 1. The Kier molecular flexibility index (Phi) is 5.29. The number of anilines is 1. The van der Waals surface area contributed by atoms with Crippen LogP contribution in [-0.2, 0) is 4.79 Å². The number of carbonyl (C=O) groups excluding carboxylic acids is 2. The summed E-state index contributed by atoms with van der Waals surface area (Å²) in [6.07, 6.45) is 0.321. The minimum atomic E-state index is -0.129. The third-order valence-corrected chi connectivity index (χ3v) is 5.41. The van der Waals surface area contributed by atoms with Gasteiger partial charge in [-0.05, 0) is 38.0 Å². The fraction of sp³-hybridized carbons (Fsp3) is 0.353. The van der Waals surface area contributed by atoms with Gasteiger partial charge in [0, 0.05) is 17.0 Å². The predicted molar refractivity (Wildman–Crippen MR) is 103 cm³/mol. The van der Waals surface area contributed by atoms with Gasteiger partial charge in [-0.3, -0.25) is 19.9 Å². The van der Waals surface area contributed by atoms with E-state index in [-0.39, 0.29) is 17.4 Å². The number of thioether (sulfide) groups is 1. The number of Topliss-reactive ketones (excluding diaryl/α,β-unsaturated/α-hetero) is 1. The summed E-state index contributed by atoms with van der Waals surface area (Å²) < 4.78 is 0. The molecule has 8 heteroatoms. The number of ketones is 1. The lowest BCUT2D eigenvalue weighted by Gasteiger charge is -2.17. The fourth-order valence-electron chi connectivity index (χ4n) is 2.73. The van der Waals surface area contributed by atoms with Gasteiger partial charge in [0.1, 0.15) is 5.01 Å². The fourth-order valence-corrected chi connectivity index (χ4v) is 4.10. The maximum atomic E-state index is 12.4. The summed E-state index contributed by atoms with van der Waals surface area (Å²) in [6.45, 7) is 5.77. The van der Waals surface area contributed by atoms with Crippen molar-refractivity contribution in [3.63, 3.8) is 0 Å². The number of aryl methyl sites for hydroxylation is 3. The van der Waals surface area contributed by atoms with Crippen molar-refractivity contribution in [1.29, 1.82) is 0 Å². The lowest BCUT2D eigenvalue weighted by molar-refractivity contribution is -0.113. The molecule has 1 aromatic heterocycles. The van der Waals surface area contributed by atoms with Crippen LogP contribution in [0.25, 0.3) is 0 Å². The Morgan fingerprint density at radius 2 is 2.08 bits per heavy atom. The van der Waals surface area contributed by atoms with Crippen molar-refractivity contribution in [3.8, 4) is 0 Å². The second kappa shape index (κ2) is 7.45. The Morgan fingerprint density at radius 3 is 2.80 bits per heavy atom. The summed E-state index contributed by atoms with van der Waals surface area (Å²) in [7, 11) is 0. The average molecular weight is 374 g/mol. The van der Waals surface area contributed by atoms with Crippen LogP contribution >= 0.6 is 23.1 Å². The van der Waals surface area contributed by atoms with Crippen molar-refractivity contribution in [3.05, 3.63) is 33.8 Å². The molecule has 130 valence electrons. The lowest BCUT2D eigenvalue weighted by atomic mass is 9.94. The first-order chi connectivity index (χ1) is 11.9. The van der Waals surface area contributed by atoms with Gasteiger partial charge in [0.25, 0.3) is 0 Å². The van der Waals surface area contributed by atoms with Crippen molar-refractivity contribution >= 4 is 51.3 Å². The van der Waals surface area contributed by atoms with Crippen LogP contribution in [0, 0.1) is 20.8 Å². The van der Waals surface area contributed by atoms with Crippen LogP contribution in [-0.4, -0.2) is 39.1 Å². The first kappa shape index (κ1) is 17.8. The topological polar surface area (TPSA) is 84.3 Å². The SMILES string of the molecule is Cc1cc(C)c2c(c1)N=C(CSCC(=O)Nc1nnc(C)s1)CC2=O. The number of aromatic nitrogens is 2. The molecule has 0 saturated carbocycles. The van der Waals surface area contributed by atoms with Crippen molar-refractivity contribution in [2.24, 2.45) is 4.99 Å². The molecule has 25 heavy (non-hydrogen) atoms. The minimum absolute atomic E-state index is 0.104. The van der Waals surface area contributed by atoms with Crippen LogP contribution in [0.5, 0.6) is 0 Å². The molecule has 1 amide bonds. The number of nitrogens with zero attached hydrogens (tertiary/aromatic N) is 3. The highest BCUT2D eigenvalue weighted by atomic mass is 32.2. The molecule has 0 fully saturated rings. The molecule has 2 aromatic rings. The number of fused-ring (bicyclic) bond motifs is 1. The first-order valence-corrected chi connectivity index (χ1v) is 9.78. The minimum Gasteiger partial charge on any atom is -0.300 e. The van der Waals surface area contributed by atoms with Gasteiger partial charge >= 0.3 is 0 Å². The van der Waals surface area contributed by atoms with Crippen molar-refractivity contribution < 1.29 is 9.59 Å². The lowest BCUT2D eigenvalue weighted by Crippen LogP contribution is -2.19. The molecule has 0 saturated heterocycles. The highest BCUT2D eigenvalue weighted by molar-refractivity contribution is 8.00. The van der Waals surface area contributed by atoms with E-state index in [4.69, 9.17) is 0 Å². The standard InChI is InChI=1S/C17H18N4O2S2/c1-9-4-10(2)16-13(5-9)18-12(6-14(16)22)7-24-8-15(23)19-17-21-20-11(3)25-17/h4-5H,6-8H2,1-3H3,(H,19,21,23). The van der Waals surface area contributed by atoms with Crippen molar-refractivity contribution in [2.75, 3.05) is 16.8 Å². The van der Waals surface area contributed by atoms with E-state index in [0.717, 1.165) is 33.1 Å². The van der Waals surface area contributed by atoms with Crippen LogP contribution in [0.15, 0.2) is 17.1 Å². The summed E-state index contributed by atoms with van der Waals surface area (Å²) in [5.74, 6) is 0.814. The summed E-state index contributed by atoms with van der Waals surface area (Å²) >= 11 is 2.78. The summed E-state index contributed by atoms with van der Waals surface area (Å²) in [5, 5.41) is 11.8. The Balaban J connectivity index is 1.59. The molecule has 0 bridgehead atoms. The molecule has 0 unspecified atom stereocenters. The first-order valence-electron chi connectivity index (χ1n) is 7.81. The number of amides is 1. The van der Waals surface area contributed by atoms with Gasteiger partial charge in [-0.2, -0.15) is 0 Å². The molecule has 3 rings (SSSR count). The van der Waals surface area contributed by atoms with E-state index in [9.17, 15) is 9.59 Å². The molecular formula is C17H18N4O2S2. The van der Waals surface area contributed by atoms with Gasteiger partial charge in [-0.1, -0.05) is 17.4 Å². The van der Waals surface area contributed by atoms with Gasteiger partial charge in [-0.25, -0.2) is 0 Å². The molecule has 1 aliphatic rings. The monoisotopic (exact) mass is 374 g/mol. The Bertz CT molecular complexity index is 874. The highest BCUT2D eigenvalue weighted by Gasteiger charge is 2.22. The zero-order valence-electron chi connectivity index (χ0n) is 14.3. The molecule has 2 heterocycles. The number of nitrogens with one attached hydrogen (secondary N) is 1. The van der Waals surface area contributed by atoms with E-state index in [1.165, 1.54) is 23.1 Å². The largest absolute Gasteiger partial charge is 0.300 e. The van der Waals surface area contributed by atoms with Gasteiger partial charge < -0.3 is 0 Å². The van der Waals surface area contributed by atoms with E-state index in [1.807, 2.05) is 32.9 Å². The zero-order valence-corrected chi connectivity index (χ0v) is 15.9. The maximum Gasteiger partial charge on any atom is 0.236 e. The molecular weight excluding hydrogens is 356 g/mol. The van der Waals surface area contributed by atoms with Gasteiger partial charge in [0.15, 0.2) is 5.78 Å². The van der Waals surface area contributed by atoms with Crippen LogP contribution in [0.4, 0.5) is 10.8 Å². The Morgan fingerprint density at radius 1 is 1.28 bits per heavy atom. The smallest absolute Gasteiger partial charge is 0.236 e. The molecule has 0 radical (unpaired) electrons. The third kappa shape index (κ3) is 4.32.